The molecule has 7 heteroatoms. The maximum Gasteiger partial charge on any atom is 0.269 e. The van der Waals surface area contributed by atoms with E-state index in [4.69, 9.17) is 4.74 Å². The highest BCUT2D eigenvalue weighted by Crippen LogP contribution is 2.13. The van der Waals surface area contributed by atoms with Crippen LogP contribution in [0.3, 0.4) is 0 Å². The molecule has 2 aromatic rings. The smallest absolute Gasteiger partial charge is 0.269 e. The first-order chi connectivity index (χ1) is 14.1. The summed E-state index contributed by atoms with van der Waals surface area (Å²) >= 11 is 0. The Balaban J connectivity index is 1.67. The number of carbonyl (C=O) groups is 3. The third-order valence-electron chi connectivity index (χ3n) is 4.09. The molecule has 7 nitrogen and oxygen atoms in total. The van der Waals surface area contributed by atoms with Crippen LogP contribution in [0.15, 0.2) is 54.6 Å². The number of amides is 3. The Morgan fingerprint density at radius 3 is 2.21 bits per heavy atom. The molecule has 154 valence electrons. The number of carbonyl (C=O) groups excluding carboxylic acids is 3. The first-order valence-corrected chi connectivity index (χ1v) is 9.75. The minimum atomic E-state index is -0.447. The van der Waals surface area contributed by atoms with E-state index < -0.39 is 11.8 Å². The van der Waals surface area contributed by atoms with Gasteiger partial charge in [-0.15, -0.1) is 0 Å². The molecule has 29 heavy (non-hydrogen) atoms. The lowest BCUT2D eigenvalue weighted by atomic mass is 10.2. The zero-order valence-electron chi connectivity index (χ0n) is 16.6. The van der Waals surface area contributed by atoms with Gasteiger partial charge in [-0.1, -0.05) is 38.0 Å². The van der Waals surface area contributed by atoms with Gasteiger partial charge in [-0.05, 0) is 42.8 Å². The van der Waals surface area contributed by atoms with Crippen LogP contribution >= 0.6 is 0 Å². The van der Waals surface area contributed by atoms with Crippen molar-refractivity contribution in [1.29, 1.82) is 0 Å². The van der Waals surface area contributed by atoms with Gasteiger partial charge in [0.1, 0.15) is 5.75 Å². The molecule has 0 atom stereocenters. The van der Waals surface area contributed by atoms with Crippen LogP contribution in [-0.2, 0) is 9.59 Å². The van der Waals surface area contributed by atoms with E-state index in [-0.39, 0.29) is 18.7 Å². The number of benzene rings is 2. The molecule has 2 aromatic carbocycles. The Bertz CT molecular complexity index is 791. The van der Waals surface area contributed by atoms with Crippen LogP contribution in [0.2, 0.25) is 0 Å². The fraction of sp³-hybridized carbons (Fsp3) is 0.318. The Morgan fingerprint density at radius 1 is 0.828 bits per heavy atom. The number of hydrogen-bond donors (Lipinski definition) is 3. The summed E-state index contributed by atoms with van der Waals surface area (Å²) in [6, 6.07) is 15.7. The second kappa shape index (κ2) is 12.2. The van der Waals surface area contributed by atoms with Crippen molar-refractivity contribution in [2.75, 3.05) is 11.9 Å². The van der Waals surface area contributed by atoms with Gasteiger partial charge in [0.15, 0.2) is 0 Å². The van der Waals surface area contributed by atoms with Gasteiger partial charge < -0.3 is 10.1 Å². The fourth-order valence-corrected chi connectivity index (χ4v) is 2.48. The van der Waals surface area contributed by atoms with Crippen molar-refractivity contribution in [2.24, 2.45) is 0 Å². The maximum absolute atomic E-state index is 12.1. The minimum absolute atomic E-state index is 0.0145. The van der Waals surface area contributed by atoms with E-state index in [0.717, 1.165) is 19.3 Å². The van der Waals surface area contributed by atoms with Crippen molar-refractivity contribution in [3.05, 3.63) is 60.2 Å². The lowest BCUT2D eigenvalue weighted by Crippen LogP contribution is -2.41. The zero-order chi connectivity index (χ0) is 20.9. The third-order valence-corrected chi connectivity index (χ3v) is 4.09. The second-order valence-electron chi connectivity index (χ2n) is 6.50. The lowest BCUT2D eigenvalue weighted by molar-refractivity contribution is -0.124. The number of nitrogens with one attached hydrogen (secondary N) is 3. The number of hydrogen-bond acceptors (Lipinski definition) is 4. The van der Waals surface area contributed by atoms with E-state index in [9.17, 15) is 14.4 Å². The van der Waals surface area contributed by atoms with E-state index in [2.05, 4.69) is 23.1 Å². The normalized spacial score (nSPS) is 10.1. The SMILES string of the molecule is CCCCCOc1ccc(C(=O)NNC(=O)CCC(=O)Nc2ccccc2)cc1. The number of para-hydroxylation sites is 1. The molecule has 0 unspecified atom stereocenters. The molecule has 0 spiro atoms. The summed E-state index contributed by atoms with van der Waals surface area (Å²) in [5.41, 5.74) is 5.72. The average molecular weight is 397 g/mol. The van der Waals surface area contributed by atoms with Crippen molar-refractivity contribution in [3.8, 4) is 5.75 Å². The van der Waals surface area contributed by atoms with Crippen LogP contribution in [0.4, 0.5) is 5.69 Å². The summed E-state index contributed by atoms with van der Waals surface area (Å²) in [7, 11) is 0. The summed E-state index contributed by atoms with van der Waals surface area (Å²) in [5.74, 6) is -0.458. The summed E-state index contributed by atoms with van der Waals surface area (Å²) in [6.45, 7) is 2.78. The van der Waals surface area contributed by atoms with Crippen LogP contribution in [0.25, 0.3) is 0 Å². The van der Waals surface area contributed by atoms with Gasteiger partial charge in [0.05, 0.1) is 6.61 Å². The summed E-state index contributed by atoms with van der Waals surface area (Å²) < 4.78 is 5.60. The highest BCUT2D eigenvalue weighted by atomic mass is 16.5. The van der Waals surface area contributed by atoms with E-state index >= 15 is 0 Å². The van der Waals surface area contributed by atoms with Crippen molar-refractivity contribution in [3.63, 3.8) is 0 Å². The molecular weight excluding hydrogens is 370 g/mol. The first kappa shape index (κ1) is 21.9. The molecule has 0 aliphatic rings. The quantitative estimate of drug-likeness (QED) is 0.423. The molecule has 0 saturated carbocycles. The molecular formula is C22H27N3O4. The standard InChI is InChI=1S/C22H27N3O4/c1-2-3-7-16-29-19-12-10-17(11-13-19)22(28)25-24-21(27)15-14-20(26)23-18-8-5-4-6-9-18/h4-6,8-13H,2-3,7,14-16H2,1H3,(H,23,26)(H,24,27)(H,25,28). The Morgan fingerprint density at radius 2 is 1.52 bits per heavy atom. The fourth-order valence-electron chi connectivity index (χ4n) is 2.48. The van der Waals surface area contributed by atoms with E-state index in [1.165, 1.54) is 0 Å². The number of rotatable bonds is 10. The number of hydrazine groups is 1. The van der Waals surface area contributed by atoms with E-state index in [1.54, 1.807) is 36.4 Å². The van der Waals surface area contributed by atoms with Gasteiger partial charge in [0, 0.05) is 24.1 Å². The van der Waals surface area contributed by atoms with Crippen molar-refractivity contribution in [2.45, 2.75) is 39.0 Å². The third kappa shape index (κ3) is 8.47. The van der Waals surface area contributed by atoms with Gasteiger partial charge in [-0.2, -0.15) is 0 Å². The molecule has 0 aromatic heterocycles. The summed E-state index contributed by atoms with van der Waals surface area (Å²) in [5, 5.41) is 2.70. The predicted octanol–water partition coefficient (Wildman–Crippen LogP) is 3.44. The van der Waals surface area contributed by atoms with Crippen molar-refractivity contribution >= 4 is 23.4 Å². The largest absolute Gasteiger partial charge is 0.494 e. The second-order valence-corrected chi connectivity index (χ2v) is 6.50. The Labute approximate surface area is 170 Å². The molecule has 0 aliphatic heterocycles. The van der Waals surface area contributed by atoms with E-state index in [0.29, 0.717) is 23.6 Å². The molecule has 0 bridgehead atoms. The van der Waals surface area contributed by atoms with Crippen molar-refractivity contribution < 1.29 is 19.1 Å². The van der Waals surface area contributed by atoms with Crippen LogP contribution in [0, 0.1) is 0 Å². The van der Waals surface area contributed by atoms with E-state index in [1.807, 2.05) is 18.2 Å². The van der Waals surface area contributed by atoms with Crippen LogP contribution in [0.5, 0.6) is 5.75 Å². The molecule has 0 aliphatic carbocycles. The van der Waals surface area contributed by atoms with Gasteiger partial charge in [-0.3, -0.25) is 25.2 Å². The summed E-state index contributed by atoms with van der Waals surface area (Å²) in [6.07, 6.45) is 3.22. The van der Waals surface area contributed by atoms with Crippen LogP contribution in [0.1, 0.15) is 49.4 Å². The molecule has 0 fully saturated rings. The van der Waals surface area contributed by atoms with Gasteiger partial charge in [0.2, 0.25) is 11.8 Å². The van der Waals surface area contributed by atoms with Gasteiger partial charge in [0.25, 0.3) is 5.91 Å². The van der Waals surface area contributed by atoms with Crippen molar-refractivity contribution in [1.82, 2.24) is 10.9 Å². The molecule has 0 radical (unpaired) electrons. The zero-order valence-corrected chi connectivity index (χ0v) is 16.6. The minimum Gasteiger partial charge on any atom is -0.494 e. The highest BCUT2D eigenvalue weighted by molar-refractivity contribution is 5.96. The Kier molecular flexibility index (Phi) is 9.21. The highest BCUT2D eigenvalue weighted by Gasteiger charge is 2.10. The Hall–Kier alpha value is -3.35. The monoisotopic (exact) mass is 397 g/mol. The molecule has 3 N–H and O–H groups in total. The molecule has 3 amide bonds. The van der Waals surface area contributed by atoms with Gasteiger partial charge >= 0.3 is 0 Å². The molecule has 0 heterocycles. The summed E-state index contributed by atoms with van der Waals surface area (Å²) in [4.78, 5) is 35.8. The number of ether oxygens (including phenoxy) is 1. The first-order valence-electron chi connectivity index (χ1n) is 9.75. The lowest BCUT2D eigenvalue weighted by Gasteiger charge is -2.09. The van der Waals surface area contributed by atoms with Crippen LogP contribution < -0.4 is 20.9 Å². The van der Waals surface area contributed by atoms with Crippen LogP contribution in [-0.4, -0.2) is 24.3 Å². The predicted molar refractivity (Wildman–Crippen MR) is 111 cm³/mol. The maximum atomic E-state index is 12.1. The number of unbranched alkanes of at least 4 members (excludes halogenated alkanes) is 2. The topological polar surface area (TPSA) is 96.5 Å². The molecule has 0 saturated heterocycles. The average Bonchev–Trinajstić information content (AvgIpc) is 2.75. The molecule has 2 rings (SSSR count). The number of anilines is 1. The van der Waals surface area contributed by atoms with Gasteiger partial charge in [-0.25, -0.2) is 0 Å².